The first-order valence-corrected chi connectivity index (χ1v) is 5.42. The summed E-state index contributed by atoms with van der Waals surface area (Å²) in [4.78, 5) is 0. The number of benzene rings is 2. The predicted octanol–water partition coefficient (Wildman–Crippen LogP) is 4.24. The third kappa shape index (κ3) is 2.63. The molecule has 0 aliphatic heterocycles. The van der Waals surface area contributed by atoms with Crippen molar-refractivity contribution < 1.29 is 35.1 Å². The van der Waals surface area contributed by atoms with Crippen molar-refractivity contribution in [2.45, 2.75) is 0 Å². The second-order valence-electron chi connectivity index (χ2n) is 3.94. The zero-order valence-corrected chi connectivity index (χ0v) is 10.2. The Morgan fingerprint density at radius 3 is 0.909 bits per heavy atom. The number of nitrogens with one attached hydrogen (secondary N) is 2. The molecule has 0 heterocycles. The van der Waals surface area contributed by atoms with Crippen molar-refractivity contribution in [3.05, 3.63) is 58.7 Å². The number of hydrazine groups is 1. The lowest BCUT2D eigenvalue weighted by atomic mass is 10.2. The van der Waals surface area contributed by atoms with E-state index in [0.717, 1.165) is 0 Å². The lowest BCUT2D eigenvalue weighted by Crippen LogP contribution is -2.17. The second-order valence-corrected chi connectivity index (χ2v) is 3.94. The highest BCUT2D eigenvalue weighted by Gasteiger charge is 2.22. The van der Waals surface area contributed by atoms with Crippen LogP contribution in [0.1, 0.15) is 0 Å². The first-order chi connectivity index (χ1) is 10.2. The van der Waals surface area contributed by atoms with Crippen LogP contribution in [-0.2, 0) is 0 Å². The minimum Gasteiger partial charge on any atom is -0.295 e. The first-order valence-electron chi connectivity index (χ1n) is 5.42. The summed E-state index contributed by atoms with van der Waals surface area (Å²) in [5.74, 6) is -14.8. The fraction of sp³-hybridized carbons (Fsp3) is 0. The molecule has 0 aromatic heterocycles. The number of rotatable bonds is 3. The molecule has 0 spiro atoms. The molecular formula is C12H4F8N2. The van der Waals surface area contributed by atoms with Crippen LogP contribution < -0.4 is 10.9 Å². The molecule has 2 nitrogen and oxygen atoms in total. The highest BCUT2D eigenvalue weighted by molar-refractivity contribution is 5.56. The molecule has 118 valence electrons. The summed E-state index contributed by atoms with van der Waals surface area (Å²) in [6, 6.07) is -0.197. The van der Waals surface area contributed by atoms with Crippen LogP contribution in [0, 0.1) is 46.5 Å². The zero-order chi connectivity index (χ0) is 16.6. The van der Waals surface area contributed by atoms with Gasteiger partial charge in [-0.1, -0.05) is 0 Å². The van der Waals surface area contributed by atoms with Crippen molar-refractivity contribution in [3.8, 4) is 0 Å². The Morgan fingerprint density at radius 1 is 0.455 bits per heavy atom. The lowest BCUT2D eigenvalue weighted by Gasteiger charge is -2.14. The Balaban J connectivity index is 2.40. The molecule has 2 N–H and O–H groups in total. The Kier molecular flexibility index (Phi) is 4.11. The number of halogens is 8. The highest BCUT2D eigenvalue weighted by Crippen LogP contribution is 2.27. The Bertz CT molecular complexity index is 631. The quantitative estimate of drug-likeness (QED) is 0.500. The maximum Gasteiger partial charge on any atom is 0.186 e. The summed E-state index contributed by atoms with van der Waals surface area (Å²) >= 11 is 0. The standard InChI is InChI=1S/C12H4F8N2/c13-3-1-4(14)8(18)11(7(3)17)21-22-12-9(19)5(15)2-6(16)10(12)20/h1-2,21-22H. The first kappa shape index (κ1) is 15.9. The normalized spacial score (nSPS) is 10.7. The Morgan fingerprint density at radius 2 is 0.682 bits per heavy atom. The van der Waals surface area contributed by atoms with Gasteiger partial charge in [-0.05, 0) is 0 Å². The minimum atomic E-state index is -1.91. The molecule has 0 saturated heterocycles. The van der Waals surface area contributed by atoms with Crippen LogP contribution in [0.5, 0.6) is 0 Å². The van der Waals surface area contributed by atoms with E-state index in [4.69, 9.17) is 0 Å². The largest absolute Gasteiger partial charge is 0.295 e. The summed E-state index contributed by atoms with van der Waals surface area (Å²) in [6.07, 6.45) is 0. The van der Waals surface area contributed by atoms with E-state index in [1.807, 2.05) is 0 Å². The minimum absolute atomic E-state index is 0.0983. The fourth-order valence-corrected chi connectivity index (χ4v) is 1.49. The van der Waals surface area contributed by atoms with Gasteiger partial charge in [-0.3, -0.25) is 10.9 Å². The van der Waals surface area contributed by atoms with Crippen LogP contribution in [0.15, 0.2) is 12.1 Å². The van der Waals surface area contributed by atoms with Gasteiger partial charge in [0.25, 0.3) is 0 Å². The summed E-state index contributed by atoms with van der Waals surface area (Å²) in [5, 5.41) is 0. The van der Waals surface area contributed by atoms with E-state index in [-0.39, 0.29) is 12.1 Å². The molecular weight excluding hydrogens is 324 g/mol. The van der Waals surface area contributed by atoms with Gasteiger partial charge < -0.3 is 0 Å². The molecule has 0 saturated carbocycles. The van der Waals surface area contributed by atoms with Gasteiger partial charge in [0.15, 0.2) is 46.5 Å². The van der Waals surface area contributed by atoms with Crippen LogP contribution in [0.25, 0.3) is 0 Å². The summed E-state index contributed by atoms with van der Waals surface area (Å²) in [5.41, 5.74) is -0.0988. The summed E-state index contributed by atoms with van der Waals surface area (Å²) in [7, 11) is 0. The molecule has 10 heteroatoms. The molecule has 0 radical (unpaired) electrons. The van der Waals surface area contributed by atoms with Gasteiger partial charge in [0, 0.05) is 12.1 Å². The van der Waals surface area contributed by atoms with E-state index in [1.54, 1.807) is 0 Å². The third-order valence-electron chi connectivity index (χ3n) is 2.54. The fourth-order valence-electron chi connectivity index (χ4n) is 1.49. The molecule has 0 amide bonds. The van der Waals surface area contributed by atoms with Gasteiger partial charge in [-0.2, -0.15) is 0 Å². The molecule has 0 aliphatic carbocycles. The maximum atomic E-state index is 13.3. The topological polar surface area (TPSA) is 24.1 Å². The smallest absolute Gasteiger partial charge is 0.186 e. The van der Waals surface area contributed by atoms with E-state index in [9.17, 15) is 35.1 Å². The maximum absolute atomic E-state index is 13.3. The average molecular weight is 328 g/mol. The van der Waals surface area contributed by atoms with Crippen molar-refractivity contribution in [2.75, 3.05) is 10.9 Å². The molecule has 2 aromatic rings. The Labute approximate surface area is 117 Å². The van der Waals surface area contributed by atoms with E-state index < -0.39 is 57.9 Å². The zero-order valence-electron chi connectivity index (χ0n) is 10.2. The van der Waals surface area contributed by atoms with E-state index in [2.05, 4.69) is 0 Å². The summed E-state index contributed by atoms with van der Waals surface area (Å²) < 4.78 is 105. The van der Waals surface area contributed by atoms with Crippen molar-refractivity contribution >= 4 is 11.4 Å². The average Bonchev–Trinajstić information content (AvgIpc) is 2.46. The van der Waals surface area contributed by atoms with Gasteiger partial charge in [0.2, 0.25) is 0 Å². The number of hydrogen-bond donors (Lipinski definition) is 2. The van der Waals surface area contributed by atoms with Crippen molar-refractivity contribution in [1.82, 2.24) is 0 Å². The van der Waals surface area contributed by atoms with E-state index in [1.165, 1.54) is 10.9 Å². The van der Waals surface area contributed by atoms with Crippen molar-refractivity contribution in [2.24, 2.45) is 0 Å². The van der Waals surface area contributed by atoms with Crippen LogP contribution in [-0.4, -0.2) is 0 Å². The lowest BCUT2D eigenvalue weighted by molar-refractivity contribution is 0.455. The predicted molar refractivity (Wildman–Crippen MR) is 59.8 cm³/mol. The monoisotopic (exact) mass is 328 g/mol. The highest BCUT2D eigenvalue weighted by atomic mass is 19.2. The van der Waals surface area contributed by atoms with Gasteiger partial charge in [-0.15, -0.1) is 0 Å². The van der Waals surface area contributed by atoms with Gasteiger partial charge in [0.1, 0.15) is 11.4 Å². The van der Waals surface area contributed by atoms with Crippen molar-refractivity contribution in [1.29, 1.82) is 0 Å². The molecule has 0 fully saturated rings. The van der Waals surface area contributed by atoms with Crippen LogP contribution in [0.3, 0.4) is 0 Å². The van der Waals surface area contributed by atoms with Crippen LogP contribution in [0.4, 0.5) is 46.5 Å². The van der Waals surface area contributed by atoms with Crippen LogP contribution >= 0.6 is 0 Å². The Hall–Kier alpha value is -2.52. The second kappa shape index (κ2) is 5.70. The molecule has 0 bridgehead atoms. The molecule has 2 rings (SSSR count). The number of anilines is 2. The van der Waals surface area contributed by atoms with Gasteiger partial charge >= 0.3 is 0 Å². The number of hydrogen-bond acceptors (Lipinski definition) is 2. The summed E-state index contributed by atoms with van der Waals surface area (Å²) in [6.45, 7) is 0. The SMILES string of the molecule is Fc1cc(F)c(F)c(NNc2c(F)c(F)cc(F)c2F)c1F. The molecule has 2 aromatic carbocycles. The molecule has 0 atom stereocenters. The van der Waals surface area contributed by atoms with E-state index in [0.29, 0.717) is 0 Å². The van der Waals surface area contributed by atoms with E-state index >= 15 is 0 Å². The third-order valence-corrected chi connectivity index (χ3v) is 2.54. The molecule has 0 aliphatic rings. The van der Waals surface area contributed by atoms with Gasteiger partial charge in [0.05, 0.1) is 0 Å². The van der Waals surface area contributed by atoms with Gasteiger partial charge in [-0.25, -0.2) is 35.1 Å². The van der Waals surface area contributed by atoms with Crippen molar-refractivity contribution in [3.63, 3.8) is 0 Å². The molecule has 0 unspecified atom stereocenters. The molecule has 22 heavy (non-hydrogen) atoms. The van der Waals surface area contributed by atoms with Crippen LogP contribution in [0.2, 0.25) is 0 Å².